The van der Waals surface area contributed by atoms with Crippen LogP contribution in [0, 0.1) is 0 Å². The van der Waals surface area contributed by atoms with E-state index in [1.807, 2.05) is 24.8 Å². The highest BCUT2D eigenvalue weighted by Crippen LogP contribution is 2.39. The first-order chi connectivity index (χ1) is 15.2. The highest BCUT2D eigenvalue weighted by atomic mass is 32.2. The predicted molar refractivity (Wildman–Crippen MR) is 126 cm³/mol. The molecular weight excluding hydrogens is 434 g/mol. The maximum absolute atomic E-state index is 13.0. The van der Waals surface area contributed by atoms with Crippen LogP contribution in [0.25, 0.3) is 0 Å². The van der Waals surface area contributed by atoms with Crippen LogP contribution in [0.1, 0.15) is 37.5 Å². The van der Waals surface area contributed by atoms with Gasteiger partial charge in [0.05, 0.1) is 11.5 Å². The molecule has 0 unspecified atom stereocenters. The zero-order chi connectivity index (χ0) is 21.9. The van der Waals surface area contributed by atoms with Crippen LogP contribution in [-0.4, -0.2) is 48.8 Å². The van der Waals surface area contributed by atoms with Gasteiger partial charge in [-0.05, 0) is 37.8 Å². The average Bonchev–Trinajstić information content (AvgIpc) is 3.52. The quantitative estimate of drug-likeness (QED) is 0.260. The number of rotatable bonds is 13. The number of anilines is 1. The van der Waals surface area contributed by atoms with Crippen LogP contribution in [0.2, 0.25) is 0 Å². The van der Waals surface area contributed by atoms with E-state index in [0.29, 0.717) is 44.4 Å². The molecule has 0 aromatic carbocycles. The molecule has 1 fully saturated rings. The molecule has 0 aliphatic heterocycles. The molecule has 1 amide bonds. The van der Waals surface area contributed by atoms with E-state index in [9.17, 15) is 4.79 Å². The van der Waals surface area contributed by atoms with Gasteiger partial charge in [0, 0.05) is 43.1 Å². The van der Waals surface area contributed by atoms with Crippen molar-refractivity contribution in [3.8, 4) is 0 Å². The van der Waals surface area contributed by atoms with Crippen LogP contribution in [0.5, 0.6) is 0 Å². The van der Waals surface area contributed by atoms with Gasteiger partial charge < -0.3 is 14.3 Å². The highest BCUT2D eigenvalue weighted by molar-refractivity contribution is 8.04. The Kier molecular flexibility index (Phi) is 9.80. The Morgan fingerprint density at radius 1 is 1.35 bits per heavy atom. The number of ether oxygens (including phenoxy) is 2. The smallest absolute Gasteiger partial charge is 0.279 e. The monoisotopic (exact) mass is 463 g/mol. The van der Waals surface area contributed by atoms with E-state index in [0.717, 1.165) is 15.7 Å². The molecule has 2 aliphatic carbocycles. The molecule has 1 heterocycles. The summed E-state index contributed by atoms with van der Waals surface area (Å²) < 4.78 is 10.4. The van der Waals surface area contributed by atoms with Crippen molar-refractivity contribution in [1.82, 2.24) is 4.98 Å². The van der Waals surface area contributed by atoms with Gasteiger partial charge in [0.2, 0.25) is 0 Å². The minimum absolute atomic E-state index is 0.262. The summed E-state index contributed by atoms with van der Waals surface area (Å²) in [5.41, 5.74) is 1.07. The molecule has 1 aromatic rings. The van der Waals surface area contributed by atoms with Crippen LogP contribution in [0.3, 0.4) is 0 Å². The molecule has 1 N–H and O–H groups in total. The zero-order valence-electron chi connectivity index (χ0n) is 18.0. The van der Waals surface area contributed by atoms with E-state index in [-0.39, 0.29) is 11.6 Å². The second-order valence-corrected chi connectivity index (χ2v) is 9.52. The Labute approximate surface area is 191 Å². The number of thiazole rings is 1. The lowest BCUT2D eigenvalue weighted by molar-refractivity contribution is -0.110. The standard InChI is InChI=1S/C22H29N3O4S2/c1-3-28-15-19-14-23-22(31-19)24-21(26)20(25-29-13-5-12-27-2)16-6-4-7-17(9-8-16)30-18-10-11-18/h4,7-9,14,18H,3,5-6,10-13,15H2,1-2H3,(H,23,24,26)/b25-20+. The van der Waals surface area contributed by atoms with Gasteiger partial charge in [-0.1, -0.05) is 34.7 Å². The number of hydrogen-bond donors (Lipinski definition) is 1. The number of thioether (sulfide) groups is 1. The van der Waals surface area contributed by atoms with Crippen molar-refractivity contribution in [2.75, 3.05) is 32.2 Å². The van der Waals surface area contributed by atoms with Crippen molar-refractivity contribution < 1.29 is 19.1 Å². The van der Waals surface area contributed by atoms with Crippen molar-refractivity contribution >= 4 is 39.8 Å². The summed E-state index contributed by atoms with van der Waals surface area (Å²) in [5.74, 6) is -0.338. The second-order valence-electron chi connectivity index (χ2n) is 7.03. The van der Waals surface area contributed by atoms with Gasteiger partial charge >= 0.3 is 0 Å². The van der Waals surface area contributed by atoms with E-state index < -0.39 is 0 Å². The number of nitrogens with zero attached hydrogens (tertiary/aromatic N) is 2. The number of aromatic nitrogens is 1. The summed E-state index contributed by atoms with van der Waals surface area (Å²) in [6.07, 6.45) is 13.8. The van der Waals surface area contributed by atoms with Gasteiger partial charge in [-0.2, -0.15) is 0 Å². The summed E-state index contributed by atoms with van der Waals surface area (Å²) in [4.78, 5) is 24.9. The van der Waals surface area contributed by atoms with Gasteiger partial charge in [0.1, 0.15) is 6.61 Å². The third-order valence-electron chi connectivity index (χ3n) is 4.38. The fourth-order valence-electron chi connectivity index (χ4n) is 2.66. The molecule has 168 valence electrons. The fraction of sp³-hybridized carbons (Fsp3) is 0.500. The number of nitrogens with one attached hydrogen (secondary N) is 1. The van der Waals surface area contributed by atoms with Gasteiger partial charge in [0.25, 0.3) is 5.91 Å². The summed E-state index contributed by atoms with van der Waals surface area (Å²) in [6, 6.07) is 0. The molecule has 0 atom stereocenters. The average molecular weight is 464 g/mol. The van der Waals surface area contributed by atoms with Crippen molar-refractivity contribution in [2.45, 2.75) is 44.5 Å². The fourth-order valence-corrected chi connectivity index (χ4v) is 4.48. The van der Waals surface area contributed by atoms with Gasteiger partial charge in [-0.15, -0.1) is 11.8 Å². The molecule has 0 saturated heterocycles. The molecule has 0 radical (unpaired) electrons. The molecule has 7 nitrogen and oxygen atoms in total. The lowest BCUT2D eigenvalue weighted by atomic mass is 10.1. The number of amides is 1. The Morgan fingerprint density at radius 3 is 3.00 bits per heavy atom. The van der Waals surface area contributed by atoms with E-state index >= 15 is 0 Å². The van der Waals surface area contributed by atoms with E-state index in [4.69, 9.17) is 14.3 Å². The third-order valence-corrected chi connectivity index (χ3v) is 6.61. The van der Waals surface area contributed by atoms with Gasteiger partial charge in [0.15, 0.2) is 10.8 Å². The molecule has 9 heteroatoms. The molecule has 1 aromatic heterocycles. The topological polar surface area (TPSA) is 82.0 Å². The van der Waals surface area contributed by atoms with Gasteiger partial charge in [-0.3, -0.25) is 10.1 Å². The van der Waals surface area contributed by atoms with Crippen LogP contribution in [-0.2, 0) is 25.7 Å². The molecular formula is C22H29N3O4S2. The van der Waals surface area contributed by atoms with E-state index in [1.165, 1.54) is 29.1 Å². The van der Waals surface area contributed by atoms with Crippen LogP contribution in [0.4, 0.5) is 5.13 Å². The SMILES string of the molecule is CCOCc1cnc(NC(=O)/C(=N/OCCCOC)C2=CC=C(SC3CC3)C=CC2)s1. The molecule has 3 rings (SSSR count). The Balaban J connectivity index is 1.70. The van der Waals surface area contributed by atoms with Crippen molar-refractivity contribution in [3.63, 3.8) is 0 Å². The summed E-state index contributed by atoms with van der Waals surface area (Å²) in [6.45, 7) is 4.01. The van der Waals surface area contributed by atoms with E-state index in [1.54, 1.807) is 13.3 Å². The summed E-state index contributed by atoms with van der Waals surface area (Å²) in [7, 11) is 1.64. The first-order valence-corrected chi connectivity index (χ1v) is 12.2. The Morgan fingerprint density at radius 2 is 2.23 bits per heavy atom. The lowest BCUT2D eigenvalue weighted by Crippen LogP contribution is -2.25. The maximum atomic E-state index is 13.0. The highest BCUT2D eigenvalue weighted by Gasteiger charge is 2.24. The molecule has 2 aliphatic rings. The second kappa shape index (κ2) is 12.8. The van der Waals surface area contributed by atoms with Crippen LogP contribution in [0.15, 0.2) is 46.1 Å². The Bertz CT molecular complexity index is 857. The van der Waals surface area contributed by atoms with Crippen molar-refractivity contribution in [2.24, 2.45) is 5.16 Å². The first-order valence-electron chi connectivity index (χ1n) is 10.5. The number of allylic oxidation sites excluding steroid dienone is 4. The number of oxime groups is 1. The summed E-state index contributed by atoms with van der Waals surface area (Å²) in [5, 5.41) is 8.26. The van der Waals surface area contributed by atoms with Crippen molar-refractivity contribution in [3.05, 3.63) is 45.9 Å². The normalized spacial score (nSPS) is 16.5. The van der Waals surface area contributed by atoms with Crippen molar-refractivity contribution in [1.29, 1.82) is 0 Å². The van der Waals surface area contributed by atoms with Crippen LogP contribution < -0.4 is 5.32 Å². The third kappa shape index (κ3) is 8.25. The number of carbonyl (C=O) groups is 1. The zero-order valence-corrected chi connectivity index (χ0v) is 19.6. The Hall–Kier alpha value is -1.94. The summed E-state index contributed by atoms with van der Waals surface area (Å²) >= 11 is 3.27. The molecule has 31 heavy (non-hydrogen) atoms. The molecule has 1 saturated carbocycles. The number of methoxy groups -OCH3 is 1. The van der Waals surface area contributed by atoms with E-state index in [2.05, 4.69) is 33.7 Å². The first kappa shape index (κ1) is 23.7. The van der Waals surface area contributed by atoms with Crippen LogP contribution >= 0.6 is 23.1 Å². The number of hydrogen-bond acceptors (Lipinski definition) is 8. The predicted octanol–water partition coefficient (Wildman–Crippen LogP) is 4.69. The minimum atomic E-state index is -0.338. The lowest BCUT2D eigenvalue weighted by Gasteiger charge is -2.08. The maximum Gasteiger partial charge on any atom is 0.279 e. The molecule has 0 bridgehead atoms. The largest absolute Gasteiger partial charge is 0.395 e. The molecule has 0 spiro atoms. The number of carbonyl (C=O) groups excluding carboxylic acids is 1. The van der Waals surface area contributed by atoms with Gasteiger partial charge in [-0.25, -0.2) is 4.98 Å². The minimum Gasteiger partial charge on any atom is -0.395 e.